The van der Waals surface area contributed by atoms with Crippen LogP contribution in [0.3, 0.4) is 0 Å². The lowest BCUT2D eigenvalue weighted by molar-refractivity contribution is 0.0240. The summed E-state index contributed by atoms with van der Waals surface area (Å²) >= 11 is 2.11. The SMILES string of the molecule is CC(C)(C)OC(=O)N1CCN(c2cc(-n3nc(I)c4c(N)ncnc43)ncn2)CC1. The summed E-state index contributed by atoms with van der Waals surface area (Å²) in [7, 11) is 0. The van der Waals surface area contributed by atoms with E-state index in [4.69, 9.17) is 10.5 Å². The second kappa shape index (κ2) is 7.81. The van der Waals surface area contributed by atoms with E-state index in [1.807, 2.05) is 26.8 Å². The van der Waals surface area contributed by atoms with Gasteiger partial charge in [0.25, 0.3) is 0 Å². The molecule has 1 aliphatic heterocycles. The molecule has 0 aliphatic carbocycles. The van der Waals surface area contributed by atoms with Crippen LogP contribution in [-0.2, 0) is 4.74 Å². The largest absolute Gasteiger partial charge is 0.444 e. The van der Waals surface area contributed by atoms with Gasteiger partial charge in [-0.05, 0) is 43.4 Å². The van der Waals surface area contributed by atoms with Crippen LogP contribution >= 0.6 is 22.6 Å². The van der Waals surface area contributed by atoms with Gasteiger partial charge in [-0.15, -0.1) is 0 Å². The van der Waals surface area contributed by atoms with E-state index in [0.29, 0.717) is 52.5 Å². The van der Waals surface area contributed by atoms with Crippen molar-refractivity contribution in [1.29, 1.82) is 0 Å². The molecule has 4 rings (SSSR count). The maximum Gasteiger partial charge on any atom is 0.410 e. The van der Waals surface area contributed by atoms with E-state index in [1.165, 1.54) is 12.7 Å². The molecule has 30 heavy (non-hydrogen) atoms. The number of nitrogens with zero attached hydrogens (tertiary/aromatic N) is 8. The Labute approximate surface area is 186 Å². The van der Waals surface area contributed by atoms with Crippen LogP contribution in [0.5, 0.6) is 0 Å². The number of nitrogens with two attached hydrogens (primary N) is 1. The summed E-state index contributed by atoms with van der Waals surface area (Å²) in [6.07, 6.45) is 2.61. The molecule has 12 heteroatoms. The lowest BCUT2D eigenvalue weighted by Gasteiger charge is -2.36. The van der Waals surface area contributed by atoms with Crippen LogP contribution in [0.2, 0.25) is 0 Å². The van der Waals surface area contributed by atoms with Crippen molar-refractivity contribution in [2.45, 2.75) is 26.4 Å². The molecule has 1 fully saturated rings. The first-order valence-electron chi connectivity index (χ1n) is 9.43. The number of fused-ring (bicyclic) bond motifs is 1. The first kappa shape index (κ1) is 20.5. The molecule has 0 atom stereocenters. The number of carbonyl (C=O) groups excluding carboxylic acids is 1. The molecule has 0 bridgehead atoms. The first-order chi connectivity index (χ1) is 14.2. The van der Waals surface area contributed by atoms with Gasteiger partial charge in [0.05, 0.1) is 5.39 Å². The van der Waals surface area contributed by atoms with E-state index in [2.05, 4.69) is 52.5 Å². The number of anilines is 2. The molecule has 4 heterocycles. The van der Waals surface area contributed by atoms with Gasteiger partial charge < -0.3 is 20.3 Å². The molecule has 1 amide bonds. The number of aromatic nitrogens is 6. The average molecular weight is 523 g/mol. The minimum Gasteiger partial charge on any atom is -0.444 e. The van der Waals surface area contributed by atoms with Crippen molar-refractivity contribution < 1.29 is 9.53 Å². The monoisotopic (exact) mass is 523 g/mol. The minimum absolute atomic E-state index is 0.291. The molecular weight excluding hydrogens is 501 g/mol. The van der Waals surface area contributed by atoms with Crippen molar-refractivity contribution in [3.05, 3.63) is 22.4 Å². The Morgan fingerprint density at radius 2 is 1.73 bits per heavy atom. The number of hydrogen-bond acceptors (Lipinski definition) is 9. The van der Waals surface area contributed by atoms with E-state index in [0.717, 1.165) is 5.82 Å². The van der Waals surface area contributed by atoms with E-state index in [-0.39, 0.29) is 6.09 Å². The molecule has 0 saturated carbocycles. The van der Waals surface area contributed by atoms with Gasteiger partial charge in [-0.2, -0.15) is 9.78 Å². The van der Waals surface area contributed by atoms with Crippen LogP contribution in [0.25, 0.3) is 16.9 Å². The summed E-state index contributed by atoms with van der Waals surface area (Å²) < 4.78 is 7.79. The van der Waals surface area contributed by atoms with Crippen LogP contribution in [0.15, 0.2) is 18.7 Å². The predicted molar refractivity (Wildman–Crippen MR) is 119 cm³/mol. The molecule has 158 valence electrons. The Bertz CT molecular complexity index is 1090. The topological polar surface area (TPSA) is 128 Å². The molecule has 3 aromatic rings. The fourth-order valence-corrected chi connectivity index (χ4v) is 3.90. The summed E-state index contributed by atoms with van der Waals surface area (Å²) in [6, 6.07) is 1.85. The molecule has 1 saturated heterocycles. The molecule has 1 aliphatic rings. The second-order valence-electron chi connectivity index (χ2n) is 7.85. The zero-order valence-electron chi connectivity index (χ0n) is 16.9. The van der Waals surface area contributed by atoms with Crippen LogP contribution in [0.4, 0.5) is 16.4 Å². The van der Waals surface area contributed by atoms with Gasteiger partial charge >= 0.3 is 6.09 Å². The Balaban J connectivity index is 1.53. The molecule has 0 aromatic carbocycles. The number of halogens is 1. The predicted octanol–water partition coefficient (Wildman–Crippen LogP) is 1.85. The zero-order valence-corrected chi connectivity index (χ0v) is 19.1. The van der Waals surface area contributed by atoms with Crippen molar-refractivity contribution in [3.8, 4) is 5.82 Å². The lowest BCUT2D eigenvalue weighted by Crippen LogP contribution is -2.50. The van der Waals surface area contributed by atoms with Crippen molar-refractivity contribution >= 4 is 51.4 Å². The second-order valence-corrected chi connectivity index (χ2v) is 8.87. The van der Waals surface area contributed by atoms with Gasteiger partial charge in [0.15, 0.2) is 11.5 Å². The van der Waals surface area contributed by atoms with Gasteiger partial charge in [0.2, 0.25) is 0 Å². The van der Waals surface area contributed by atoms with Gasteiger partial charge in [-0.3, -0.25) is 0 Å². The summed E-state index contributed by atoms with van der Waals surface area (Å²) in [5.74, 6) is 1.72. The van der Waals surface area contributed by atoms with Crippen LogP contribution < -0.4 is 10.6 Å². The number of amides is 1. The van der Waals surface area contributed by atoms with E-state index < -0.39 is 5.60 Å². The summed E-state index contributed by atoms with van der Waals surface area (Å²) in [5, 5.41) is 5.22. The number of ether oxygens (including phenoxy) is 1. The Morgan fingerprint density at radius 1 is 1.07 bits per heavy atom. The molecular formula is C18H22IN9O2. The van der Waals surface area contributed by atoms with Gasteiger partial charge in [0.1, 0.15) is 33.6 Å². The van der Waals surface area contributed by atoms with Crippen LogP contribution in [0.1, 0.15) is 20.8 Å². The van der Waals surface area contributed by atoms with Gasteiger partial charge in [0, 0.05) is 32.2 Å². The summed E-state index contributed by atoms with van der Waals surface area (Å²) in [4.78, 5) is 33.2. The van der Waals surface area contributed by atoms with Crippen LogP contribution in [0, 0.1) is 3.70 Å². The third-order valence-corrected chi connectivity index (χ3v) is 5.32. The maximum atomic E-state index is 12.3. The molecule has 3 aromatic heterocycles. The maximum absolute atomic E-state index is 12.3. The Morgan fingerprint density at radius 3 is 2.43 bits per heavy atom. The summed E-state index contributed by atoms with van der Waals surface area (Å²) in [6.45, 7) is 7.98. The van der Waals surface area contributed by atoms with E-state index in [1.54, 1.807) is 9.58 Å². The number of rotatable bonds is 2. The number of nitrogen functional groups attached to an aromatic ring is 1. The average Bonchev–Trinajstić information content (AvgIpc) is 3.05. The number of carbonyl (C=O) groups is 1. The quantitative estimate of drug-likeness (QED) is 0.501. The highest BCUT2D eigenvalue weighted by Crippen LogP contribution is 2.25. The molecule has 2 N–H and O–H groups in total. The fourth-order valence-electron chi connectivity index (χ4n) is 3.16. The number of hydrogen-bond donors (Lipinski definition) is 1. The van der Waals surface area contributed by atoms with Gasteiger partial charge in [-0.1, -0.05) is 0 Å². The van der Waals surface area contributed by atoms with Crippen molar-refractivity contribution in [2.24, 2.45) is 0 Å². The Hall–Kier alpha value is -2.77. The lowest BCUT2D eigenvalue weighted by atomic mass is 10.2. The van der Waals surface area contributed by atoms with Crippen LogP contribution in [-0.4, -0.2) is 72.5 Å². The fraction of sp³-hybridized carbons (Fsp3) is 0.444. The van der Waals surface area contributed by atoms with E-state index >= 15 is 0 Å². The van der Waals surface area contributed by atoms with Crippen molar-refractivity contribution in [2.75, 3.05) is 36.8 Å². The Kier molecular flexibility index (Phi) is 5.34. The smallest absolute Gasteiger partial charge is 0.410 e. The van der Waals surface area contributed by atoms with Gasteiger partial charge in [-0.25, -0.2) is 24.7 Å². The third-order valence-electron chi connectivity index (χ3n) is 4.56. The molecule has 11 nitrogen and oxygen atoms in total. The number of piperazine rings is 1. The van der Waals surface area contributed by atoms with Crippen molar-refractivity contribution in [3.63, 3.8) is 0 Å². The highest BCUT2D eigenvalue weighted by Gasteiger charge is 2.26. The normalized spacial score (nSPS) is 14.9. The molecule has 0 spiro atoms. The highest BCUT2D eigenvalue weighted by atomic mass is 127. The zero-order chi connectivity index (χ0) is 21.5. The third kappa shape index (κ3) is 4.08. The first-order valence-corrected chi connectivity index (χ1v) is 10.5. The van der Waals surface area contributed by atoms with Crippen molar-refractivity contribution in [1.82, 2.24) is 34.6 Å². The summed E-state index contributed by atoms with van der Waals surface area (Å²) in [5.41, 5.74) is 6.06. The molecule has 0 unspecified atom stereocenters. The molecule has 0 radical (unpaired) electrons. The minimum atomic E-state index is -0.507. The highest BCUT2D eigenvalue weighted by molar-refractivity contribution is 14.1. The standard InChI is InChI=1S/C18H22IN9O2/c1-18(2,3)30-17(29)27-6-4-26(5-7-27)11-8-12(22-9-21-11)28-16-13(14(19)25-28)15(20)23-10-24-16/h8-10H,4-7H2,1-3H3,(H2,20,23,24). The van der Waals surface area contributed by atoms with E-state index in [9.17, 15) is 4.79 Å².